The van der Waals surface area contributed by atoms with Crippen LogP contribution in [0.5, 0.6) is 0 Å². The van der Waals surface area contributed by atoms with Crippen molar-refractivity contribution in [1.29, 1.82) is 0 Å². The number of hydrogen-bond donors (Lipinski definition) is 0. The highest BCUT2D eigenvalue weighted by molar-refractivity contribution is 4.73. The van der Waals surface area contributed by atoms with Crippen LogP contribution in [-0.4, -0.2) is 13.6 Å². The maximum absolute atomic E-state index is 4.29. The van der Waals surface area contributed by atoms with Crippen LogP contribution in [0.1, 0.15) is 111 Å². The second-order valence-corrected chi connectivity index (χ2v) is 7.22. The molecule has 22 heavy (non-hydrogen) atoms. The van der Waals surface area contributed by atoms with Gasteiger partial charge in [-0.3, -0.25) is 0 Å². The Balaban J connectivity index is 3.47. The second-order valence-electron chi connectivity index (χ2n) is 7.22. The maximum atomic E-state index is 4.29. The van der Waals surface area contributed by atoms with Crippen LogP contribution in [0.4, 0.5) is 0 Å². The van der Waals surface area contributed by atoms with E-state index in [-0.39, 0.29) is 0 Å². The van der Waals surface area contributed by atoms with Crippen molar-refractivity contribution in [2.24, 2.45) is 11.8 Å². The van der Waals surface area contributed by atoms with E-state index in [2.05, 4.69) is 26.1 Å². The highest BCUT2D eigenvalue weighted by atomic mass is 14.8. The average molecular weight is 311 g/mol. The van der Waals surface area contributed by atoms with Crippen molar-refractivity contribution >= 4 is 0 Å². The summed E-state index contributed by atoms with van der Waals surface area (Å²) in [6.07, 6.45) is 19.9. The van der Waals surface area contributed by atoms with E-state index >= 15 is 0 Å². The van der Waals surface area contributed by atoms with E-state index in [4.69, 9.17) is 0 Å². The average Bonchev–Trinajstić information content (AvgIpc) is 2.55. The maximum Gasteiger partial charge on any atom is -0.0420 e. The molecule has 0 fully saturated rings. The minimum absolute atomic E-state index is 0.943. The monoisotopic (exact) mass is 310 g/mol. The fraction of sp³-hybridized carbons (Fsp3) is 1.00. The van der Waals surface area contributed by atoms with E-state index in [0.29, 0.717) is 0 Å². The van der Waals surface area contributed by atoms with Gasteiger partial charge in [-0.1, -0.05) is 111 Å². The zero-order valence-corrected chi connectivity index (χ0v) is 16.2. The van der Waals surface area contributed by atoms with Crippen LogP contribution >= 0.6 is 0 Å². The van der Waals surface area contributed by atoms with Gasteiger partial charge in [-0.25, -0.2) is 0 Å². The molecule has 1 atom stereocenters. The van der Waals surface area contributed by atoms with Gasteiger partial charge in [0.1, 0.15) is 0 Å². The molecule has 1 heteroatoms. The Morgan fingerprint density at radius 1 is 0.591 bits per heavy atom. The SMILES string of the molecule is CCCCC(CCCCCCCCC(CC)CC)CC[N-]C. The molecule has 0 aromatic rings. The van der Waals surface area contributed by atoms with Crippen molar-refractivity contribution in [3.05, 3.63) is 5.32 Å². The molecule has 1 nitrogen and oxygen atoms in total. The summed E-state index contributed by atoms with van der Waals surface area (Å²) in [4.78, 5) is 0. The normalized spacial score (nSPS) is 13.0. The summed E-state index contributed by atoms with van der Waals surface area (Å²) in [6.45, 7) is 8.07. The number of nitrogens with zero attached hydrogens (tertiary/aromatic N) is 1. The second kappa shape index (κ2) is 17.3. The quantitative estimate of drug-likeness (QED) is 0.244. The van der Waals surface area contributed by atoms with Gasteiger partial charge in [-0.05, 0) is 11.8 Å². The van der Waals surface area contributed by atoms with Crippen LogP contribution in [0.2, 0.25) is 0 Å². The molecule has 0 saturated carbocycles. The lowest BCUT2D eigenvalue weighted by Crippen LogP contribution is -2.03. The van der Waals surface area contributed by atoms with E-state index in [1.165, 1.54) is 89.9 Å². The van der Waals surface area contributed by atoms with Gasteiger partial charge in [0.05, 0.1) is 0 Å². The third-order valence-electron chi connectivity index (χ3n) is 5.36. The zero-order valence-electron chi connectivity index (χ0n) is 16.2. The van der Waals surface area contributed by atoms with E-state index in [0.717, 1.165) is 18.4 Å². The molecule has 0 aliphatic rings. The highest BCUT2D eigenvalue weighted by Gasteiger charge is 2.06. The molecule has 0 radical (unpaired) electrons. The van der Waals surface area contributed by atoms with Gasteiger partial charge < -0.3 is 5.32 Å². The van der Waals surface area contributed by atoms with Crippen molar-refractivity contribution in [2.75, 3.05) is 13.6 Å². The third kappa shape index (κ3) is 13.6. The summed E-state index contributed by atoms with van der Waals surface area (Å²) in [5.41, 5.74) is 0. The molecular formula is C21H44N-. The molecule has 0 aliphatic carbocycles. The molecule has 0 aliphatic heterocycles. The first kappa shape index (κ1) is 22.0. The Bertz CT molecular complexity index is 190. The summed E-state index contributed by atoms with van der Waals surface area (Å²) in [7, 11) is 1.96. The molecular weight excluding hydrogens is 266 g/mol. The molecule has 134 valence electrons. The summed E-state index contributed by atoms with van der Waals surface area (Å²) in [6, 6.07) is 0. The Hall–Kier alpha value is -0.0400. The Morgan fingerprint density at radius 3 is 1.59 bits per heavy atom. The summed E-state index contributed by atoms with van der Waals surface area (Å²) < 4.78 is 0. The van der Waals surface area contributed by atoms with E-state index in [1.54, 1.807) is 0 Å². The molecule has 0 aromatic carbocycles. The summed E-state index contributed by atoms with van der Waals surface area (Å²) >= 11 is 0. The van der Waals surface area contributed by atoms with Gasteiger partial charge in [0, 0.05) is 0 Å². The lowest BCUT2D eigenvalue weighted by Gasteiger charge is -2.20. The summed E-state index contributed by atoms with van der Waals surface area (Å²) in [5.74, 6) is 1.93. The Kier molecular flexibility index (Phi) is 17.3. The van der Waals surface area contributed by atoms with Gasteiger partial charge in [0.25, 0.3) is 0 Å². The van der Waals surface area contributed by atoms with Gasteiger partial charge in [0.15, 0.2) is 0 Å². The predicted molar refractivity (Wildman–Crippen MR) is 103 cm³/mol. The van der Waals surface area contributed by atoms with Crippen LogP contribution < -0.4 is 0 Å². The largest absolute Gasteiger partial charge is 0.665 e. The predicted octanol–water partition coefficient (Wildman–Crippen LogP) is 7.74. The zero-order chi connectivity index (χ0) is 16.5. The molecule has 0 spiro atoms. The van der Waals surface area contributed by atoms with Crippen LogP contribution in [0.25, 0.3) is 5.32 Å². The number of hydrogen-bond acceptors (Lipinski definition) is 0. The Labute approximate surface area is 142 Å². The van der Waals surface area contributed by atoms with Gasteiger partial charge in [-0.2, -0.15) is 7.05 Å². The van der Waals surface area contributed by atoms with Crippen LogP contribution in [0.3, 0.4) is 0 Å². The van der Waals surface area contributed by atoms with Crippen LogP contribution in [0, 0.1) is 11.8 Å². The molecule has 0 heterocycles. The van der Waals surface area contributed by atoms with E-state index < -0.39 is 0 Å². The standard InChI is InChI=1S/C21H44N/c1-5-8-15-21(18-19-22-4)17-14-12-10-9-11-13-16-20(6-2)7-3/h20-21H,5-19H2,1-4H3/q-1. The van der Waals surface area contributed by atoms with Gasteiger partial charge in [-0.15, -0.1) is 6.54 Å². The summed E-state index contributed by atoms with van der Waals surface area (Å²) in [5, 5.41) is 4.29. The van der Waals surface area contributed by atoms with Crippen molar-refractivity contribution < 1.29 is 0 Å². The lowest BCUT2D eigenvalue weighted by molar-refractivity contribution is 0.392. The first-order valence-corrected chi connectivity index (χ1v) is 10.3. The molecule has 0 bridgehead atoms. The number of rotatable bonds is 17. The van der Waals surface area contributed by atoms with Crippen LogP contribution in [-0.2, 0) is 0 Å². The lowest BCUT2D eigenvalue weighted by atomic mass is 9.92. The third-order valence-corrected chi connectivity index (χ3v) is 5.36. The fourth-order valence-corrected chi connectivity index (χ4v) is 3.51. The van der Waals surface area contributed by atoms with Crippen molar-refractivity contribution in [3.8, 4) is 0 Å². The van der Waals surface area contributed by atoms with Crippen LogP contribution in [0.15, 0.2) is 0 Å². The Morgan fingerprint density at radius 2 is 1.09 bits per heavy atom. The fourth-order valence-electron chi connectivity index (χ4n) is 3.51. The van der Waals surface area contributed by atoms with Gasteiger partial charge in [0.2, 0.25) is 0 Å². The van der Waals surface area contributed by atoms with E-state index in [9.17, 15) is 0 Å². The van der Waals surface area contributed by atoms with Crippen molar-refractivity contribution in [2.45, 2.75) is 111 Å². The molecule has 0 amide bonds. The first-order chi connectivity index (χ1) is 10.8. The molecule has 1 unspecified atom stereocenters. The minimum atomic E-state index is 0.943. The minimum Gasteiger partial charge on any atom is -0.665 e. The van der Waals surface area contributed by atoms with Gasteiger partial charge >= 0.3 is 0 Å². The highest BCUT2D eigenvalue weighted by Crippen LogP contribution is 2.22. The molecule has 0 aromatic heterocycles. The smallest absolute Gasteiger partial charge is 0.0420 e. The topological polar surface area (TPSA) is 14.1 Å². The number of unbranched alkanes of at least 4 members (excludes halogenated alkanes) is 6. The first-order valence-electron chi connectivity index (χ1n) is 10.3. The molecule has 0 saturated heterocycles. The van der Waals surface area contributed by atoms with E-state index in [1.807, 2.05) is 7.05 Å². The molecule has 0 rings (SSSR count). The van der Waals surface area contributed by atoms with Crippen molar-refractivity contribution in [1.82, 2.24) is 0 Å². The van der Waals surface area contributed by atoms with Crippen molar-refractivity contribution in [3.63, 3.8) is 0 Å². The molecule has 0 N–H and O–H groups in total.